The van der Waals surface area contributed by atoms with Gasteiger partial charge >= 0.3 is 0 Å². The van der Waals surface area contributed by atoms with Crippen LogP contribution < -0.4 is 23.8 Å². The first-order valence-electron chi connectivity index (χ1n) is 14.7. The smallest absolute Gasteiger partial charge is 0.265 e. The molecular formula is C33H42ClN3O7S. The van der Waals surface area contributed by atoms with Gasteiger partial charge in [-0.1, -0.05) is 61.7 Å². The van der Waals surface area contributed by atoms with Gasteiger partial charge in [0.1, 0.15) is 18.3 Å². The van der Waals surface area contributed by atoms with Crippen molar-refractivity contribution in [3.8, 4) is 17.2 Å². The van der Waals surface area contributed by atoms with Crippen molar-refractivity contribution in [2.75, 3.05) is 38.7 Å². The number of ether oxygens (including phenoxy) is 3. The number of aryl methyl sites for hydroxylation is 1. The molecule has 0 radical (unpaired) electrons. The first-order valence-corrected chi connectivity index (χ1v) is 16.5. The molecule has 0 aliphatic heterocycles. The number of nitrogens with zero attached hydrogens (tertiary/aromatic N) is 2. The van der Waals surface area contributed by atoms with Crippen LogP contribution in [-0.2, 0) is 26.2 Å². The van der Waals surface area contributed by atoms with Gasteiger partial charge in [0.25, 0.3) is 10.0 Å². The molecule has 1 atom stereocenters. The maximum Gasteiger partial charge on any atom is 0.265 e. The third-order valence-electron chi connectivity index (χ3n) is 7.28. The molecule has 0 unspecified atom stereocenters. The fourth-order valence-electron chi connectivity index (χ4n) is 4.91. The average Bonchev–Trinajstić information content (AvgIpc) is 3.03. The summed E-state index contributed by atoms with van der Waals surface area (Å²) in [6.45, 7) is 5.70. The zero-order chi connectivity index (χ0) is 33.1. The molecule has 0 aromatic heterocycles. The molecule has 2 amide bonds. The number of amides is 2. The molecule has 0 fully saturated rings. The minimum absolute atomic E-state index is 0.0593. The fraction of sp³-hybridized carbons (Fsp3) is 0.394. The van der Waals surface area contributed by atoms with Gasteiger partial charge in [0.2, 0.25) is 11.8 Å². The molecule has 3 aromatic rings. The van der Waals surface area contributed by atoms with Crippen molar-refractivity contribution in [3.63, 3.8) is 0 Å². The fourth-order valence-corrected chi connectivity index (χ4v) is 6.51. The van der Waals surface area contributed by atoms with Crippen LogP contribution in [0, 0.1) is 6.92 Å². The monoisotopic (exact) mass is 659 g/mol. The predicted molar refractivity (Wildman–Crippen MR) is 176 cm³/mol. The normalized spacial score (nSPS) is 11.8. The van der Waals surface area contributed by atoms with E-state index < -0.39 is 28.5 Å². The summed E-state index contributed by atoms with van der Waals surface area (Å²) in [5.74, 6) is -0.171. The molecule has 244 valence electrons. The minimum atomic E-state index is -4.43. The lowest BCUT2D eigenvalue weighted by Crippen LogP contribution is -2.52. The second kappa shape index (κ2) is 16.4. The van der Waals surface area contributed by atoms with Gasteiger partial charge in [0, 0.05) is 24.2 Å². The molecule has 12 heteroatoms. The Kier molecular flexibility index (Phi) is 12.9. The molecule has 1 N–H and O–H groups in total. The summed E-state index contributed by atoms with van der Waals surface area (Å²) in [5.41, 5.74) is 1.85. The Morgan fingerprint density at radius 2 is 1.60 bits per heavy atom. The van der Waals surface area contributed by atoms with Gasteiger partial charge in [-0.05, 0) is 55.7 Å². The van der Waals surface area contributed by atoms with Crippen LogP contribution in [0.2, 0.25) is 5.02 Å². The Hall–Kier alpha value is -3.96. The second-order valence-electron chi connectivity index (χ2n) is 10.4. The molecule has 0 saturated heterocycles. The van der Waals surface area contributed by atoms with E-state index in [0.29, 0.717) is 18.7 Å². The highest BCUT2D eigenvalue weighted by Crippen LogP contribution is 2.37. The maximum atomic E-state index is 14.4. The Bertz CT molecular complexity index is 1580. The quantitative estimate of drug-likeness (QED) is 0.199. The Balaban J connectivity index is 2.15. The summed E-state index contributed by atoms with van der Waals surface area (Å²) >= 11 is 6.34. The van der Waals surface area contributed by atoms with E-state index in [9.17, 15) is 18.0 Å². The van der Waals surface area contributed by atoms with Crippen LogP contribution in [0.1, 0.15) is 44.2 Å². The minimum Gasteiger partial charge on any atom is -0.495 e. The number of anilines is 1. The highest BCUT2D eigenvalue weighted by Gasteiger charge is 2.35. The zero-order valence-electron chi connectivity index (χ0n) is 26.6. The lowest BCUT2D eigenvalue weighted by molar-refractivity contribution is -0.140. The molecule has 0 spiro atoms. The van der Waals surface area contributed by atoms with Gasteiger partial charge < -0.3 is 24.4 Å². The Morgan fingerprint density at radius 3 is 2.22 bits per heavy atom. The van der Waals surface area contributed by atoms with E-state index in [1.54, 1.807) is 6.07 Å². The van der Waals surface area contributed by atoms with Gasteiger partial charge in [-0.25, -0.2) is 8.42 Å². The van der Waals surface area contributed by atoms with E-state index in [2.05, 4.69) is 5.32 Å². The van der Waals surface area contributed by atoms with E-state index >= 15 is 0 Å². The number of nitrogens with one attached hydrogen (secondary N) is 1. The van der Waals surface area contributed by atoms with Crippen LogP contribution in [-0.4, -0.2) is 65.6 Å². The molecule has 0 bridgehead atoms. The topological polar surface area (TPSA) is 114 Å². The molecule has 3 aromatic carbocycles. The van der Waals surface area contributed by atoms with E-state index in [4.69, 9.17) is 25.8 Å². The van der Waals surface area contributed by atoms with E-state index in [-0.39, 0.29) is 39.6 Å². The Labute approximate surface area is 271 Å². The number of methoxy groups -OCH3 is 3. The van der Waals surface area contributed by atoms with Crippen molar-refractivity contribution in [1.82, 2.24) is 10.2 Å². The van der Waals surface area contributed by atoms with E-state index in [1.165, 1.54) is 56.6 Å². The van der Waals surface area contributed by atoms with Crippen molar-refractivity contribution in [2.45, 2.75) is 57.5 Å². The summed E-state index contributed by atoms with van der Waals surface area (Å²) in [6.07, 6.45) is 2.01. The number of carbonyl (C=O) groups excluding carboxylic acids is 2. The lowest BCUT2D eigenvalue weighted by atomic mass is 10.1. The number of rotatable bonds is 16. The third-order valence-corrected chi connectivity index (χ3v) is 9.27. The molecular weight excluding hydrogens is 618 g/mol. The van der Waals surface area contributed by atoms with Gasteiger partial charge in [-0.3, -0.25) is 13.9 Å². The summed E-state index contributed by atoms with van der Waals surface area (Å²) in [4.78, 5) is 29.0. The number of unbranched alkanes of at least 4 members (excludes halogenated alkanes) is 1. The van der Waals surface area contributed by atoms with E-state index in [0.717, 1.165) is 28.3 Å². The highest BCUT2D eigenvalue weighted by molar-refractivity contribution is 7.92. The summed E-state index contributed by atoms with van der Waals surface area (Å²) in [5, 5.41) is 3.17. The van der Waals surface area contributed by atoms with Gasteiger partial charge in [-0.15, -0.1) is 0 Å². The predicted octanol–water partition coefficient (Wildman–Crippen LogP) is 5.59. The maximum absolute atomic E-state index is 14.4. The van der Waals surface area contributed by atoms with Crippen molar-refractivity contribution in [2.24, 2.45) is 0 Å². The van der Waals surface area contributed by atoms with Gasteiger partial charge in [0.05, 0.1) is 31.9 Å². The first kappa shape index (κ1) is 35.5. The second-order valence-corrected chi connectivity index (χ2v) is 12.7. The third kappa shape index (κ3) is 8.82. The van der Waals surface area contributed by atoms with Gasteiger partial charge in [-0.2, -0.15) is 0 Å². The van der Waals surface area contributed by atoms with Crippen LogP contribution in [0.15, 0.2) is 65.6 Å². The molecule has 3 rings (SSSR count). The van der Waals surface area contributed by atoms with Crippen LogP contribution in [0.5, 0.6) is 17.2 Å². The van der Waals surface area contributed by atoms with Crippen molar-refractivity contribution >= 4 is 39.1 Å². The molecule has 0 saturated carbocycles. The van der Waals surface area contributed by atoms with Crippen molar-refractivity contribution < 1.29 is 32.2 Å². The SMILES string of the molecule is CCCCNC(=O)[C@H](CC)N(Cc1cccc(C)c1)C(=O)CN(c1cc(Cl)ccc1OC)S(=O)(=O)c1ccc(OC)c(OC)c1. The van der Waals surface area contributed by atoms with Gasteiger partial charge in [0.15, 0.2) is 11.5 Å². The molecule has 0 aliphatic rings. The average molecular weight is 660 g/mol. The Morgan fingerprint density at radius 1 is 0.911 bits per heavy atom. The van der Waals surface area contributed by atoms with Crippen LogP contribution in [0.4, 0.5) is 5.69 Å². The number of hydrogen-bond acceptors (Lipinski definition) is 7. The van der Waals surface area contributed by atoms with Crippen LogP contribution >= 0.6 is 11.6 Å². The zero-order valence-corrected chi connectivity index (χ0v) is 28.2. The number of sulfonamides is 1. The molecule has 10 nitrogen and oxygen atoms in total. The number of hydrogen-bond donors (Lipinski definition) is 1. The molecule has 45 heavy (non-hydrogen) atoms. The number of benzene rings is 3. The summed E-state index contributed by atoms with van der Waals surface area (Å²) in [6, 6.07) is 15.4. The molecule has 0 aliphatic carbocycles. The summed E-state index contributed by atoms with van der Waals surface area (Å²) < 4.78 is 45.8. The standard InChI is InChI=1S/C33H42ClN3O7S/c1-7-9-17-35-33(39)27(8-2)36(21-24-12-10-11-23(3)18-24)32(38)22-37(28-19-25(34)13-15-29(28)42-4)45(40,41)26-14-16-30(43-5)31(20-26)44-6/h10-16,18-20,27H,7-9,17,21-22H2,1-6H3,(H,35,39)/t27-/m0/s1. The summed E-state index contributed by atoms with van der Waals surface area (Å²) in [7, 11) is -0.190. The van der Waals surface area contributed by atoms with Crippen LogP contribution in [0.3, 0.4) is 0 Å². The van der Waals surface area contributed by atoms with E-state index in [1.807, 2.05) is 45.0 Å². The van der Waals surface area contributed by atoms with Crippen molar-refractivity contribution in [1.29, 1.82) is 0 Å². The van der Waals surface area contributed by atoms with Crippen LogP contribution in [0.25, 0.3) is 0 Å². The number of carbonyl (C=O) groups is 2. The van der Waals surface area contributed by atoms with Crippen molar-refractivity contribution in [3.05, 3.63) is 76.8 Å². The number of halogens is 1. The largest absolute Gasteiger partial charge is 0.495 e. The highest BCUT2D eigenvalue weighted by atomic mass is 35.5. The first-order chi connectivity index (χ1) is 21.5. The lowest BCUT2D eigenvalue weighted by Gasteiger charge is -2.33. The molecule has 0 heterocycles.